The maximum Gasteiger partial charge on any atom is 0.0911 e. The van der Waals surface area contributed by atoms with Gasteiger partial charge in [-0.2, -0.15) is 0 Å². The third-order valence-corrected chi connectivity index (χ3v) is 3.01. The highest BCUT2D eigenvalue weighted by atomic mass is 16.5. The first-order valence-electron chi connectivity index (χ1n) is 6.65. The number of aliphatic hydroxyl groups excluding tert-OH is 1. The molecule has 0 aromatic heterocycles. The van der Waals surface area contributed by atoms with Crippen LogP contribution in [0.1, 0.15) is 19.8 Å². The zero-order valence-corrected chi connectivity index (χ0v) is 11.2. The number of nitrogens with one attached hydrogen (secondary N) is 1. The van der Waals surface area contributed by atoms with Gasteiger partial charge in [0.1, 0.15) is 0 Å². The number of piperazine rings is 1. The third-order valence-electron chi connectivity index (χ3n) is 3.01. The van der Waals surface area contributed by atoms with Crippen LogP contribution in [-0.4, -0.2) is 74.1 Å². The van der Waals surface area contributed by atoms with E-state index in [9.17, 15) is 5.11 Å². The SMILES string of the molecule is CCCCOCC(O)CNN1CCN(C)CC1. The van der Waals surface area contributed by atoms with Crippen molar-refractivity contribution < 1.29 is 9.84 Å². The molecular formula is C12H27N3O2. The first kappa shape index (κ1) is 14.9. The predicted molar refractivity (Wildman–Crippen MR) is 68.8 cm³/mol. The smallest absolute Gasteiger partial charge is 0.0911 e. The van der Waals surface area contributed by atoms with Gasteiger partial charge in [-0.25, -0.2) is 5.01 Å². The first-order valence-corrected chi connectivity index (χ1v) is 6.65. The summed E-state index contributed by atoms with van der Waals surface area (Å²) >= 11 is 0. The molecular weight excluding hydrogens is 218 g/mol. The zero-order chi connectivity index (χ0) is 12.5. The highest BCUT2D eigenvalue weighted by Gasteiger charge is 2.14. The molecule has 0 aliphatic carbocycles. The average molecular weight is 245 g/mol. The van der Waals surface area contributed by atoms with Crippen LogP contribution in [0.15, 0.2) is 0 Å². The van der Waals surface area contributed by atoms with E-state index in [2.05, 4.69) is 29.3 Å². The summed E-state index contributed by atoms with van der Waals surface area (Å²) in [6.07, 6.45) is 1.79. The third kappa shape index (κ3) is 6.95. The number of likely N-dealkylation sites (N-methyl/N-ethyl adjacent to an activating group) is 1. The van der Waals surface area contributed by atoms with E-state index in [0.717, 1.165) is 45.6 Å². The van der Waals surface area contributed by atoms with Gasteiger partial charge in [0.15, 0.2) is 0 Å². The Hall–Kier alpha value is -0.200. The first-order chi connectivity index (χ1) is 8.22. The van der Waals surface area contributed by atoms with Gasteiger partial charge in [0.25, 0.3) is 0 Å². The van der Waals surface area contributed by atoms with Gasteiger partial charge in [0.05, 0.1) is 12.7 Å². The van der Waals surface area contributed by atoms with Crippen LogP contribution in [-0.2, 0) is 4.74 Å². The molecule has 2 N–H and O–H groups in total. The molecule has 1 heterocycles. The summed E-state index contributed by atoms with van der Waals surface area (Å²) in [6.45, 7) is 8.08. The summed E-state index contributed by atoms with van der Waals surface area (Å²) < 4.78 is 5.38. The molecule has 17 heavy (non-hydrogen) atoms. The van der Waals surface area contributed by atoms with Crippen molar-refractivity contribution >= 4 is 0 Å². The Morgan fingerprint density at radius 2 is 2.00 bits per heavy atom. The minimum absolute atomic E-state index is 0.411. The van der Waals surface area contributed by atoms with Crippen molar-refractivity contribution in [1.29, 1.82) is 0 Å². The number of hydrogen-bond donors (Lipinski definition) is 2. The molecule has 0 amide bonds. The van der Waals surface area contributed by atoms with Gasteiger partial charge in [-0.05, 0) is 13.5 Å². The van der Waals surface area contributed by atoms with E-state index in [0.29, 0.717) is 13.2 Å². The molecule has 1 unspecified atom stereocenters. The van der Waals surface area contributed by atoms with Crippen molar-refractivity contribution in [3.8, 4) is 0 Å². The fourth-order valence-corrected chi connectivity index (χ4v) is 1.72. The van der Waals surface area contributed by atoms with E-state index in [4.69, 9.17) is 4.74 Å². The lowest BCUT2D eigenvalue weighted by Gasteiger charge is -2.33. The van der Waals surface area contributed by atoms with Crippen molar-refractivity contribution in [1.82, 2.24) is 15.3 Å². The summed E-state index contributed by atoms with van der Waals surface area (Å²) in [4.78, 5) is 2.31. The second-order valence-electron chi connectivity index (χ2n) is 4.73. The fraction of sp³-hybridized carbons (Fsp3) is 1.00. The maximum atomic E-state index is 9.71. The van der Waals surface area contributed by atoms with Gasteiger partial charge in [0.2, 0.25) is 0 Å². The Balaban J connectivity index is 1.97. The summed E-state index contributed by atoms with van der Waals surface area (Å²) in [5, 5.41) is 11.9. The van der Waals surface area contributed by atoms with Crippen LogP contribution in [0.3, 0.4) is 0 Å². The maximum absolute atomic E-state index is 9.71. The van der Waals surface area contributed by atoms with E-state index in [1.807, 2.05) is 0 Å². The van der Waals surface area contributed by atoms with Crippen LogP contribution in [0.25, 0.3) is 0 Å². The Morgan fingerprint density at radius 1 is 1.29 bits per heavy atom. The molecule has 5 nitrogen and oxygen atoms in total. The topological polar surface area (TPSA) is 48.0 Å². The quantitative estimate of drug-likeness (QED) is 0.586. The molecule has 1 aliphatic heterocycles. The number of ether oxygens (including phenoxy) is 1. The van der Waals surface area contributed by atoms with Crippen molar-refractivity contribution in [2.45, 2.75) is 25.9 Å². The fourth-order valence-electron chi connectivity index (χ4n) is 1.72. The molecule has 0 aromatic carbocycles. The van der Waals surface area contributed by atoms with Crippen molar-refractivity contribution in [3.05, 3.63) is 0 Å². The van der Waals surface area contributed by atoms with Crippen LogP contribution in [0.5, 0.6) is 0 Å². The van der Waals surface area contributed by atoms with Crippen molar-refractivity contribution in [3.63, 3.8) is 0 Å². The minimum atomic E-state index is -0.411. The number of hydrogen-bond acceptors (Lipinski definition) is 5. The van der Waals surface area contributed by atoms with Gasteiger partial charge in [-0.3, -0.25) is 5.43 Å². The molecule has 102 valence electrons. The summed E-state index contributed by atoms with van der Waals surface area (Å²) in [5.41, 5.74) is 3.26. The molecule has 5 heteroatoms. The Kier molecular flexibility index (Phi) is 7.72. The van der Waals surface area contributed by atoms with Crippen LogP contribution >= 0.6 is 0 Å². The molecule has 0 radical (unpaired) electrons. The van der Waals surface area contributed by atoms with Gasteiger partial charge in [0, 0.05) is 39.3 Å². The molecule has 0 spiro atoms. The molecule has 1 aliphatic rings. The lowest BCUT2D eigenvalue weighted by Crippen LogP contribution is -2.52. The van der Waals surface area contributed by atoms with Gasteiger partial charge >= 0.3 is 0 Å². The van der Waals surface area contributed by atoms with E-state index in [1.54, 1.807) is 0 Å². The standard InChI is InChI=1S/C12H27N3O2/c1-3-4-9-17-11-12(16)10-13-15-7-5-14(2)6-8-15/h12-13,16H,3-11H2,1-2H3. The molecule has 0 aromatic rings. The van der Waals surface area contributed by atoms with E-state index in [1.165, 1.54) is 0 Å². The zero-order valence-electron chi connectivity index (χ0n) is 11.2. The van der Waals surface area contributed by atoms with Crippen LogP contribution < -0.4 is 5.43 Å². The lowest BCUT2D eigenvalue weighted by atomic mass is 10.3. The van der Waals surface area contributed by atoms with Crippen molar-refractivity contribution in [2.75, 3.05) is 53.0 Å². The number of hydrazine groups is 1. The second-order valence-corrected chi connectivity index (χ2v) is 4.73. The van der Waals surface area contributed by atoms with Crippen molar-refractivity contribution in [2.24, 2.45) is 0 Å². The average Bonchev–Trinajstić information content (AvgIpc) is 2.34. The number of nitrogens with zero attached hydrogens (tertiary/aromatic N) is 2. The molecule has 0 bridgehead atoms. The number of unbranched alkanes of at least 4 members (excludes halogenated alkanes) is 1. The number of aliphatic hydroxyl groups is 1. The minimum Gasteiger partial charge on any atom is -0.389 e. The van der Waals surface area contributed by atoms with E-state index < -0.39 is 6.10 Å². The molecule has 1 fully saturated rings. The molecule has 1 saturated heterocycles. The molecule has 1 atom stereocenters. The van der Waals surface area contributed by atoms with Crippen LogP contribution in [0.2, 0.25) is 0 Å². The van der Waals surface area contributed by atoms with E-state index in [-0.39, 0.29) is 0 Å². The summed E-state index contributed by atoms with van der Waals surface area (Å²) in [5.74, 6) is 0. The molecule has 0 saturated carbocycles. The lowest BCUT2D eigenvalue weighted by molar-refractivity contribution is 0.0164. The second kappa shape index (κ2) is 8.83. The Bertz CT molecular complexity index is 185. The van der Waals surface area contributed by atoms with Gasteiger partial charge in [-0.15, -0.1) is 0 Å². The van der Waals surface area contributed by atoms with Gasteiger partial charge in [-0.1, -0.05) is 13.3 Å². The van der Waals surface area contributed by atoms with E-state index >= 15 is 0 Å². The largest absolute Gasteiger partial charge is 0.389 e. The highest BCUT2D eigenvalue weighted by Crippen LogP contribution is 1.96. The van der Waals surface area contributed by atoms with Crippen LogP contribution in [0, 0.1) is 0 Å². The summed E-state index contributed by atoms with van der Waals surface area (Å²) in [6, 6.07) is 0. The number of rotatable bonds is 8. The normalized spacial score (nSPS) is 20.6. The Labute approximate surface area is 105 Å². The monoisotopic (exact) mass is 245 g/mol. The summed E-state index contributed by atoms with van der Waals surface area (Å²) in [7, 11) is 2.13. The predicted octanol–water partition coefficient (Wildman–Crippen LogP) is -0.0840. The van der Waals surface area contributed by atoms with Gasteiger partial charge < -0.3 is 14.7 Å². The Morgan fingerprint density at radius 3 is 2.65 bits per heavy atom. The highest BCUT2D eigenvalue weighted by molar-refractivity contribution is 4.67. The van der Waals surface area contributed by atoms with Crippen LogP contribution in [0.4, 0.5) is 0 Å². The molecule has 1 rings (SSSR count).